The second kappa shape index (κ2) is 8.07. The van der Waals surface area contributed by atoms with Gasteiger partial charge in [-0.15, -0.1) is 0 Å². The molecular weight excluding hydrogens is 397 g/mol. The first-order valence-electron chi connectivity index (χ1n) is 9.76. The molecule has 31 heavy (non-hydrogen) atoms. The van der Waals surface area contributed by atoms with Gasteiger partial charge in [-0.2, -0.15) is 0 Å². The molecule has 0 aliphatic carbocycles. The van der Waals surface area contributed by atoms with Crippen LogP contribution in [0.1, 0.15) is 34.5 Å². The van der Waals surface area contributed by atoms with Gasteiger partial charge in [0.1, 0.15) is 17.2 Å². The molecule has 0 amide bonds. The van der Waals surface area contributed by atoms with Crippen LogP contribution in [0.5, 0.6) is 0 Å². The summed E-state index contributed by atoms with van der Waals surface area (Å²) >= 11 is 0. The summed E-state index contributed by atoms with van der Waals surface area (Å²) in [7, 11) is 0. The van der Waals surface area contributed by atoms with Crippen molar-refractivity contribution in [1.29, 1.82) is 0 Å². The molecule has 0 spiro atoms. The second-order valence-electron chi connectivity index (χ2n) is 7.43. The highest BCUT2D eigenvalue weighted by Gasteiger charge is 2.18. The van der Waals surface area contributed by atoms with Crippen LogP contribution < -0.4 is 10.7 Å². The summed E-state index contributed by atoms with van der Waals surface area (Å²) in [5, 5.41) is 13.1. The second-order valence-corrected chi connectivity index (χ2v) is 7.43. The van der Waals surface area contributed by atoms with Gasteiger partial charge < -0.3 is 14.8 Å². The topological polar surface area (TPSA) is 79.5 Å². The van der Waals surface area contributed by atoms with Gasteiger partial charge >= 0.3 is 5.97 Å². The van der Waals surface area contributed by atoms with Crippen LogP contribution in [0.3, 0.4) is 0 Å². The number of carboxylic acid groups (broad SMARTS) is 1. The van der Waals surface area contributed by atoms with E-state index in [9.17, 15) is 19.1 Å². The zero-order valence-electron chi connectivity index (χ0n) is 17.0. The highest BCUT2D eigenvalue weighted by molar-refractivity contribution is 5.94. The van der Waals surface area contributed by atoms with E-state index in [2.05, 4.69) is 5.32 Å². The molecule has 0 radical (unpaired) electrons. The normalized spacial score (nSPS) is 12.0. The number of aryl methyl sites for hydroxylation is 1. The summed E-state index contributed by atoms with van der Waals surface area (Å²) in [6.07, 6.45) is 0. The Kier molecular flexibility index (Phi) is 5.29. The maximum Gasteiger partial charge on any atom is 0.337 e. The number of anilines is 1. The Balaban J connectivity index is 1.84. The number of halogens is 1. The Morgan fingerprint density at radius 1 is 1.06 bits per heavy atom. The number of carboxylic acids is 1. The standard InChI is InChI=1S/C25H20FNO4/c1-14-11-19(15(2)27-21-6-4-3-5-18(21)25(29)30)24-20(12-14)22(28)13-23(31-24)16-7-9-17(26)10-8-16/h3-13,15,27H,1-2H3,(H,29,30)/t15-/m1/s1. The minimum atomic E-state index is -1.03. The third kappa shape index (κ3) is 4.05. The van der Waals surface area contributed by atoms with Gasteiger partial charge in [0.25, 0.3) is 0 Å². The predicted octanol–water partition coefficient (Wildman–Crippen LogP) is 5.78. The first kappa shape index (κ1) is 20.3. The predicted molar refractivity (Wildman–Crippen MR) is 118 cm³/mol. The average Bonchev–Trinajstić information content (AvgIpc) is 2.74. The van der Waals surface area contributed by atoms with Crippen LogP contribution in [-0.2, 0) is 0 Å². The first-order valence-corrected chi connectivity index (χ1v) is 9.76. The summed E-state index contributed by atoms with van der Waals surface area (Å²) < 4.78 is 19.4. The zero-order valence-corrected chi connectivity index (χ0v) is 17.0. The van der Waals surface area contributed by atoms with Gasteiger partial charge in [0.15, 0.2) is 5.43 Å². The van der Waals surface area contributed by atoms with E-state index in [1.807, 2.05) is 19.9 Å². The number of carbonyl (C=O) groups is 1. The number of fused-ring (bicyclic) bond motifs is 1. The summed E-state index contributed by atoms with van der Waals surface area (Å²) in [6, 6.07) is 17.1. The number of benzene rings is 3. The van der Waals surface area contributed by atoms with Crippen molar-refractivity contribution in [1.82, 2.24) is 0 Å². The molecule has 2 N–H and O–H groups in total. The number of hydrogen-bond acceptors (Lipinski definition) is 4. The Labute approximate surface area is 177 Å². The van der Waals surface area contributed by atoms with Crippen LogP contribution in [0.2, 0.25) is 0 Å². The zero-order chi connectivity index (χ0) is 22.1. The van der Waals surface area contributed by atoms with Crippen molar-refractivity contribution in [3.05, 3.63) is 99.5 Å². The minimum Gasteiger partial charge on any atom is -0.478 e. The van der Waals surface area contributed by atoms with Crippen LogP contribution in [-0.4, -0.2) is 11.1 Å². The monoisotopic (exact) mass is 417 g/mol. The molecule has 0 bridgehead atoms. The first-order chi connectivity index (χ1) is 14.8. The lowest BCUT2D eigenvalue weighted by Crippen LogP contribution is -2.12. The fourth-order valence-electron chi connectivity index (χ4n) is 3.62. The van der Waals surface area contributed by atoms with E-state index >= 15 is 0 Å². The maximum absolute atomic E-state index is 13.3. The summed E-state index contributed by atoms with van der Waals surface area (Å²) in [5.74, 6) is -1.08. The van der Waals surface area contributed by atoms with Crippen LogP contribution in [0.15, 0.2) is 75.9 Å². The molecule has 1 aromatic heterocycles. The molecule has 0 saturated heterocycles. The lowest BCUT2D eigenvalue weighted by atomic mass is 10.00. The molecule has 3 aromatic carbocycles. The quantitative estimate of drug-likeness (QED) is 0.430. The third-order valence-corrected chi connectivity index (χ3v) is 5.13. The summed E-state index contributed by atoms with van der Waals surface area (Å²) in [6.45, 7) is 3.76. The fraction of sp³-hybridized carbons (Fsp3) is 0.120. The van der Waals surface area contributed by atoms with E-state index < -0.39 is 5.97 Å². The Morgan fingerprint density at radius 2 is 1.77 bits per heavy atom. The van der Waals surface area contributed by atoms with E-state index in [1.54, 1.807) is 36.4 Å². The third-order valence-electron chi connectivity index (χ3n) is 5.13. The van der Waals surface area contributed by atoms with Gasteiger partial charge in [0, 0.05) is 22.9 Å². The van der Waals surface area contributed by atoms with Crippen molar-refractivity contribution < 1.29 is 18.7 Å². The van der Waals surface area contributed by atoms with Crippen molar-refractivity contribution in [3.8, 4) is 11.3 Å². The molecular formula is C25H20FNO4. The average molecular weight is 417 g/mol. The van der Waals surface area contributed by atoms with E-state index in [0.717, 1.165) is 11.1 Å². The molecule has 0 aliphatic heterocycles. The molecule has 0 saturated carbocycles. The lowest BCUT2D eigenvalue weighted by molar-refractivity contribution is 0.0698. The van der Waals surface area contributed by atoms with Crippen molar-refractivity contribution in [2.75, 3.05) is 5.32 Å². The molecule has 156 valence electrons. The minimum absolute atomic E-state index is 0.153. The van der Waals surface area contributed by atoms with Gasteiger partial charge in [0.2, 0.25) is 0 Å². The lowest BCUT2D eigenvalue weighted by Gasteiger charge is -2.19. The molecule has 4 rings (SSSR count). The Bertz CT molecular complexity index is 1340. The molecule has 1 atom stereocenters. The fourth-order valence-corrected chi connectivity index (χ4v) is 3.62. The van der Waals surface area contributed by atoms with Crippen molar-refractivity contribution in [2.24, 2.45) is 0 Å². The molecule has 6 heteroatoms. The molecule has 4 aromatic rings. The van der Waals surface area contributed by atoms with Crippen LogP contribution >= 0.6 is 0 Å². The Hall–Kier alpha value is -3.93. The van der Waals surface area contributed by atoms with Gasteiger partial charge in [-0.1, -0.05) is 18.2 Å². The van der Waals surface area contributed by atoms with Gasteiger partial charge in [-0.25, -0.2) is 9.18 Å². The Morgan fingerprint density at radius 3 is 2.48 bits per heavy atom. The molecule has 0 unspecified atom stereocenters. The van der Waals surface area contributed by atoms with E-state index in [1.165, 1.54) is 24.3 Å². The SMILES string of the molecule is Cc1cc([C@@H](C)Nc2ccccc2C(=O)O)c2oc(-c3ccc(F)cc3)cc(=O)c2c1. The number of rotatable bonds is 5. The van der Waals surface area contributed by atoms with Crippen LogP contribution in [0, 0.1) is 12.7 Å². The van der Waals surface area contributed by atoms with Crippen LogP contribution in [0.4, 0.5) is 10.1 Å². The number of nitrogens with one attached hydrogen (secondary N) is 1. The van der Waals surface area contributed by atoms with Crippen LogP contribution in [0.25, 0.3) is 22.3 Å². The largest absolute Gasteiger partial charge is 0.478 e. The molecule has 0 aliphatic rings. The summed E-state index contributed by atoms with van der Waals surface area (Å²) in [4.78, 5) is 24.4. The van der Waals surface area contributed by atoms with Crippen molar-refractivity contribution >= 4 is 22.6 Å². The number of aromatic carboxylic acids is 1. The van der Waals surface area contributed by atoms with E-state index in [-0.39, 0.29) is 22.9 Å². The molecule has 5 nitrogen and oxygen atoms in total. The van der Waals surface area contributed by atoms with Gasteiger partial charge in [0.05, 0.1) is 17.0 Å². The van der Waals surface area contributed by atoms with E-state index in [0.29, 0.717) is 28.0 Å². The smallest absolute Gasteiger partial charge is 0.337 e. The van der Waals surface area contributed by atoms with Crippen molar-refractivity contribution in [3.63, 3.8) is 0 Å². The highest BCUT2D eigenvalue weighted by atomic mass is 19.1. The van der Waals surface area contributed by atoms with E-state index in [4.69, 9.17) is 4.42 Å². The van der Waals surface area contributed by atoms with Gasteiger partial charge in [-0.05, 0) is 61.9 Å². The van der Waals surface area contributed by atoms with Crippen molar-refractivity contribution in [2.45, 2.75) is 19.9 Å². The summed E-state index contributed by atoms with van der Waals surface area (Å²) in [5.41, 5.74) is 3.01. The molecule has 1 heterocycles. The number of para-hydroxylation sites is 1. The number of hydrogen-bond donors (Lipinski definition) is 2. The molecule has 0 fully saturated rings. The highest BCUT2D eigenvalue weighted by Crippen LogP contribution is 2.31. The van der Waals surface area contributed by atoms with Gasteiger partial charge in [-0.3, -0.25) is 4.79 Å². The maximum atomic E-state index is 13.3.